The van der Waals surface area contributed by atoms with E-state index in [9.17, 15) is 26.3 Å². The van der Waals surface area contributed by atoms with Gasteiger partial charge in [0, 0.05) is 0 Å². The number of nitrogens with zero attached hydrogens (tertiary/aromatic N) is 1. The monoisotopic (exact) mass is 253 g/mol. The van der Waals surface area contributed by atoms with Gasteiger partial charge in [-0.3, -0.25) is 0 Å². The molecule has 0 atom stereocenters. The van der Waals surface area contributed by atoms with Crippen molar-refractivity contribution in [3.05, 3.63) is 33.9 Å². The molecule has 0 unspecified atom stereocenters. The Morgan fingerprint density at radius 3 is 1.53 bits per heavy atom. The third-order valence-corrected chi connectivity index (χ3v) is 2.27. The molecule has 0 bridgehead atoms. The minimum Gasteiger partial charge on any atom is -0.205 e. The molecule has 0 aliphatic heterocycles. The van der Waals surface area contributed by atoms with Gasteiger partial charge in [-0.05, 0) is 12.5 Å². The van der Waals surface area contributed by atoms with Crippen LogP contribution in [0.1, 0.15) is 35.1 Å². The van der Waals surface area contributed by atoms with Gasteiger partial charge in [-0.15, -0.1) is 0 Å². The van der Waals surface area contributed by atoms with Gasteiger partial charge in [0.15, 0.2) is 11.6 Å². The molecular formula is C10H5F6N. The second kappa shape index (κ2) is 4.65. The molecule has 1 rings (SSSR count). The van der Waals surface area contributed by atoms with Crippen LogP contribution in [0, 0.1) is 29.9 Å². The maximum Gasteiger partial charge on any atom is 0.266 e. The molecule has 0 aliphatic rings. The van der Waals surface area contributed by atoms with E-state index in [-0.39, 0.29) is 0 Å². The SMILES string of the molecule is Cc1c(C(F)F)c(F)c(C#N)c(F)c1C(F)F. The minimum absolute atomic E-state index is 0.760. The second-order valence-electron chi connectivity index (χ2n) is 3.17. The lowest BCUT2D eigenvalue weighted by Gasteiger charge is -2.14. The van der Waals surface area contributed by atoms with E-state index in [1.807, 2.05) is 0 Å². The van der Waals surface area contributed by atoms with Crippen LogP contribution < -0.4 is 0 Å². The summed E-state index contributed by atoms with van der Waals surface area (Å²) < 4.78 is 76.5. The number of hydrogen-bond acceptors (Lipinski definition) is 1. The van der Waals surface area contributed by atoms with Crippen LogP contribution in [0.25, 0.3) is 0 Å². The molecule has 7 heteroatoms. The Labute approximate surface area is 92.3 Å². The first-order chi connectivity index (χ1) is 7.82. The van der Waals surface area contributed by atoms with Crippen LogP contribution >= 0.6 is 0 Å². The third-order valence-electron chi connectivity index (χ3n) is 2.27. The predicted molar refractivity (Wildman–Crippen MR) is 45.7 cm³/mol. The van der Waals surface area contributed by atoms with E-state index < -0.39 is 46.7 Å². The molecule has 1 nitrogen and oxygen atoms in total. The summed E-state index contributed by atoms with van der Waals surface area (Å²) in [4.78, 5) is 0. The summed E-state index contributed by atoms with van der Waals surface area (Å²) in [6.45, 7) is 0.760. The first kappa shape index (κ1) is 13.4. The Kier molecular flexibility index (Phi) is 3.66. The fraction of sp³-hybridized carbons (Fsp3) is 0.300. The average molecular weight is 253 g/mol. The number of alkyl halides is 4. The zero-order valence-corrected chi connectivity index (χ0v) is 8.37. The van der Waals surface area contributed by atoms with Gasteiger partial charge in [0.25, 0.3) is 12.9 Å². The number of rotatable bonds is 2. The van der Waals surface area contributed by atoms with E-state index in [1.54, 1.807) is 0 Å². The molecule has 0 aliphatic carbocycles. The van der Waals surface area contributed by atoms with Crippen molar-refractivity contribution in [1.82, 2.24) is 0 Å². The van der Waals surface area contributed by atoms with Gasteiger partial charge in [0.05, 0.1) is 11.1 Å². The van der Waals surface area contributed by atoms with Crippen LogP contribution in [0.5, 0.6) is 0 Å². The summed E-state index contributed by atoms with van der Waals surface area (Å²) in [5.41, 5.74) is -5.01. The van der Waals surface area contributed by atoms with Gasteiger partial charge < -0.3 is 0 Å². The fourth-order valence-corrected chi connectivity index (χ4v) is 1.46. The van der Waals surface area contributed by atoms with Gasteiger partial charge in [-0.2, -0.15) is 5.26 Å². The summed E-state index contributed by atoms with van der Waals surface area (Å²) in [5, 5.41) is 8.38. The predicted octanol–water partition coefficient (Wildman–Crippen LogP) is 4.02. The molecule has 0 spiro atoms. The Bertz CT molecular complexity index is 454. The molecular weight excluding hydrogens is 248 g/mol. The Balaban J connectivity index is 3.77. The number of hydrogen-bond donors (Lipinski definition) is 0. The lowest BCUT2D eigenvalue weighted by atomic mass is 9.97. The van der Waals surface area contributed by atoms with E-state index in [0.717, 1.165) is 13.0 Å². The number of halogens is 6. The van der Waals surface area contributed by atoms with Crippen LogP contribution in [0.4, 0.5) is 26.3 Å². The van der Waals surface area contributed by atoms with Gasteiger partial charge in [0.2, 0.25) is 0 Å². The fourth-order valence-electron chi connectivity index (χ4n) is 1.46. The van der Waals surface area contributed by atoms with E-state index >= 15 is 0 Å². The summed E-state index contributed by atoms with van der Waals surface area (Å²) in [7, 11) is 0. The molecule has 0 fully saturated rings. The highest BCUT2D eigenvalue weighted by Crippen LogP contribution is 2.36. The smallest absolute Gasteiger partial charge is 0.205 e. The van der Waals surface area contributed by atoms with Crippen LogP contribution in [0.2, 0.25) is 0 Å². The molecule has 1 aromatic carbocycles. The minimum atomic E-state index is -3.40. The van der Waals surface area contributed by atoms with E-state index in [1.165, 1.54) is 0 Å². The molecule has 17 heavy (non-hydrogen) atoms. The van der Waals surface area contributed by atoms with Crippen molar-refractivity contribution in [2.45, 2.75) is 19.8 Å². The largest absolute Gasteiger partial charge is 0.266 e. The van der Waals surface area contributed by atoms with Gasteiger partial charge >= 0.3 is 0 Å². The maximum atomic E-state index is 13.3. The van der Waals surface area contributed by atoms with Crippen molar-refractivity contribution in [3.8, 4) is 6.07 Å². The molecule has 0 amide bonds. The maximum absolute atomic E-state index is 13.3. The highest BCUT2D eigenvalue weighted by atomic mass is 19.3. The normalized spacial score (nSPS) is 11.1. The van der Waals surface area contributed by atoms with Gasteiger partial charge in [-0.25, -0.2) is 26.3 Å². The molecule has 0 radical (unpaired) electrons. The second-order valence-corrected chi connectivity index (χ2v) is 3.17. The molecule has 0 heterocycles. The Morgan fingerprint density at radius 2 is 1.29 bits per heavy atom. The molecule has 0 N–H and O–H groups in total. The summed E-state index contributed by atoms with van der Waals surface area (Å²) in [6, 6.07) is 0.965. The van der Waals surface area contributed by atoms with Crippen molar-refractivity contribution in [2.24, 2.45) is 0 Å². The molecule has 1 aromatic rings. The summed E-state index contributed by atoms with van der Waals surface area (Å²) in [5.74, 6) is -3.58. The van der Waals surface area contributed by atoms with E-state index in [2.05, 4.69) is 0 Å². The van der Waals surface area contributed by atoms with Gasteiger partial charge in [-0.1, -0.05) is 0 Å². The van der Waals surface area contributed by atoms with E-state index in [4.69, 9.17) is 5.26 Å². The van der Waals surface area contributed by atoms with Gasteiger partial charge in [0.1, 0.15) is 11.6 Å². The number of benzene rings is 1. The average Bonchev–Trinajstić information content (AvgIpc) is 2.16. The zero-order chi connectivity index (χ0) is 13.3. The van der Waals surface area contributed by atoms with Crippen molar-refractivity contribution in [1.29, 1.82) is 5.26 Å². The van der Waals surface area contributed by atoms with Crippen LogP contribution in [0.15, 0.2) is 0 Å². The third kappa shape index (κ3) is 2.07. The Hall–Kier alpha value is -1.71. The number of nitriles is 1. The topological polar surface area (TPSA) is 23.8 Å². The van der Waals surface area contributed by atoms with Crippen molar-refractivity contribution in [2.75, 3.05) is 0 Å². The first-order valence-electron chi connectivity index (χ1n) is 4.30. The van der Waals surface area contributed by atoms with Crippen LogP contribution in [-0.4, -0.2) is 0 Å². The van der Waals surface area contributed by atoms with Crippen molar-refractivity contribution < 1.29 is 26.3 Å². The summed E-state index contributed by atoms with van der Waals surface area (Å²) >= 11 is 0. The highest BCUT2D eigenvalue weighted by Gasteiger charge is 2.30. The standard InChI is InChI=1S/C10H5F6N/c1-3-5(9(13)14)7(11)4(2-17)8(12)6(3)10(15)16/h9-10H,1H3. The van der Waals surface area contributed by atoms with Crippen LogP contribution in [-0.2, 0) is 0 Å². The lowest BCUT2D eigenvalue weighted by Crippen LogP contribution is -2.08. The molecule has 0 saturated carbocycles. The summed E-state index contributed by atoms with van der Waals surface area (Å²) in [6.07, 6.45) is -6.81. The Morgan fingerprint density at radius 1 is 0.941 bits per heavy atom. The first-order valence-corrected chi connectivity index (χ1v) is 4.30. The van der Waals surface area contributed by atoms with E-state index in [0.29, 0.717) is 0 Å². The lowest BCUT2D eigenvalue weighted by molar-refractivity contribution is 0.135. The quantitative estimate of drug-likeness (QED) is 0.730. The van der Waals surface area contributed by atoms with Crippen molar-refractivity contribution >= 4 is 0 Å². The molecule has 92 valence electrons. The molecule has 0 saturated heterocycles. The zero-order valence-electron chi connectivity index (χ0n) is 8.37. The van der Waals surface area contributed by atoms with Crippen molar-refractivity contribution in [3.63, 3.8) is 0 Å². The van der Waals surface area contributed by atoms with Crippen LogP contribution in [0.3, 0.4) is 0 Å². The highest BCUT2D eigenvalue weighted by molar-refractivity contribution is 5.47. The molecule has 0 aromatic heterocycles.